The number of hydrogen-bond donors (Lipinski definition) is 1. The minimum absolute atomic E-state index is 0.0653. The summed E-state index contributed by atoms with van der Waals surface area (Å²) >= 11 is 0. The van der Waals surface area contributed by atoms with E-state index in [1.807, 2.05) is 42.8 Å². The van der Waals surface area contributed by atoms with Crippen molar-refractivity contribution in [2.75, 3.05) is 19.7 Å². The second-order valence-corrected chi connectivity index (χ2v) is 6.23. The van der Waals surface area contributed by atoms with Crippen LogP contribution in [-0.2, 0) is 16.1 Å². The number of aliphatic carboxylic acids is 1. The Kier molecular flexibility index (Phi) is 4.85. The van der Waals surface area contributed by atoms with Gasteiger partial charge in [-0.3, -0.25) is 9.48 Å². The van der Waals surface area contributed by atoms with Crippen molar-refractivity contribution in [1.82, 2.24) is 14.7 Å². The van der Waals surface area contributed by atoms with Gasteiger partial charge in [-0.25, -0.2) is 4.79 Å². The van der Waals surface area contributed by atoms with Gasteiger partial charge in [0.05, 0.1) is 25.4 Å². The molecule has 0 aliphatic carbocycles. The largest absolute Gasteiger partial charge is 0.479 e. The molecule has 0 bridgehead atoms. The summed E-state index contributed by atoms with van der Waals surface area (Å²) in [5.74, 6) is -1.22. The lowest BCUT2D eigenvalue weighted by Crippen LogP contribution is -2.48. The standard InChI is InChI=1S/C18H21N3O4/c1-12-8-13(2)21(19-12)10-14-4-3-5-15(9-14)17(22)20-6-7-25-16(11-20)18(23)24/h3-5,8-9,16H,6-7,10-11H2,1-2H3,(H,23,24). The van der Waals surface area contributed by atoms with Gasteiger partial charge in [-0.1, -0.05) is 12.1 Å². The molecule has 3 rings (SSSR count). The van der Waals surface area contributed by atoms with E-state index in [9.17, 15) is 9.59 Å². The van der Waals surface area contributed by atoms with E-state index in [0.29, 0.717) is 18.7 Å². The molecule has 0 spiro atoms. The molecule has 2 heterocycles. The number of amides is 1. The van der Waals surface area contributed by atoms with Crippen molar-refractivity contribution in [1.29, 1.82) is 0 Å². The zero-order valence-electron chi connectivity index (χ0n) is 14.3. The fourth-order valence-electron chi connectivity index (χ4n) is 2.98. The molecule has 25 heavy (non-hydrogen) atoms. The molecule has 1 aromatic heterocycles. The zero-order chi connectivity index (χ0) is 18.0. The van der Waals surface area contributed by atoms with Gasteiger partial charge in [-0.05, 0) is 37.6 Å². The quantitative estimate of drug-likeness (QED) is 0.909. The van der Waals surface area contributed by atoms with Crippen LogP contribution in [0.3, 0.4) is 0 Å². The molecule has 2 aromatic rings. The number of carboxylic acids is 1. The number of hydrogen-bond acceptors (Lipinski definition) is 4. The summed E-state index contributed by atoms with van der Waals surface area (Å²) in [4.78, 5) is 25.3. The Hall–Kier alpha value is -2.67. The molecule has 7 nitrogen and oxygen atoms in total. The number of rotatable bonds is 4. The molecule has 1 aromatic carbocycles. The summed E-state index contributed by atoms with van der Waals surface area (Å²) in [7, 11) is 0. The van der Waals surface area contributed by atoms with Crippen LogP contribution in [0, 0.1) is 13.8 Å². The van der Waals surface area contributed by atoms with Gasteiger partial charge < -0.3 is 14.7 Å². The van der Waals surface area contributed by atoms with E-state index in [0.717, 1.165) is 17.0 Å². The van der Waals surface area contributed by atoms with Gasteiger partial charge in [0, 0.05) is 17.8 Å². The first-order valence-electron chi connectivity index (χ1n) is 8.17. The molecule has 1 atom stereocenters. The van der Waals surface area contributed by atoms with Gasteiger partial charge in [-0.15, -0.1) is 0 Å². The van der Waals surface area contributed by atoms with Crippen LogP contribution < -0.4 is 0 Å². The monoisotopic (exact) mass is 343 g/mol. The van der Waals surface area contributed by atoms with Crippen molar-refractivity contribution in [2.24, 2.45) is 0 Å². The topological polar surface area (TPSA) is 84.7 Å². The minimum Gasteiger partial charge on any atom is -0.479 e. The number of carboxylic acid groups (broad SMARTS) is 1. The van der Waals surface area contributed by atoms with Crippen molar-refractivity contribution < 1.29 is 19.4 Å². The van der Waals surface area contributed by atoms with Gasteiger partial charge in [-0.2, -0.15) is 5.10 Å². The number of carbonyl (C=O) groups excluding carboxylic acids is 1. The lowest BCUT2D eigenvalue weighted by molar-refractivity contribution is -0.154. The smallest absolute Gasteiger partial charge is 0.334 e. The fourth-order valence-corrected chi connectivity index (χ4v) is 2.98. The van der Waals surface area contributed by atoms with Crippen LogP contribution in [0.25, 0.3) is 0 Å². The van der Waals surface area contributed by atoms with Crippen molar-refractivity contribution in [3.63, 3.8) is 0 Å². The van der Waals surface area contributed by atoms with E-state index in [2.05, 4.69) is 5.10 Å². The van der Waals surface area contributed by atoms with Crippen LogP contribution >= 0.6 is 0 Å². The number of aryl methyl sites for hydroxylation is 2. The average Bonchev–Trinajstić information content (AvgIpc) is 2.91. The minimum atomic E-state index is -1.05. The third-order valence-corrected chi connectivity index (χ3v) is 4.24. The Morgan fingerprint density at radius 3 is 2.80 bits per heavy atom. The molecule has 7 heteroatoms. The van der Waals surface area contributed by atoms with Crippen molar-refractivity contribution in [3.05, 3.63) is 52.8 Å². The zero-order valence-corrected chi connectivity index (χ0v) is 14.3. The fraction of sp³-hybridized carbons (Fsp3) is 0.389. The predicted molar refractivity (Wildman–Crippen MR) is 90.5 cm³/mol. The molecular weight excluding hydrogens is 322 g/mol. The van der Waals surface area contributed by atoms with Crippen LogP contribution in [0.5, 0.6) is 0 Å². The number of ether oxygens (including phenoxy) is 1. The van der Waals surface area contributed by atoms with Crippen LogP contribution in [0.2, 0.25) is 0 Å². The Morgan fingerprint density at radius 2 is 2.12 bits per heavy atom. The third-order valence-electron chi connectivity index (χ3n) is 4.24. The lowest BCUT2D eigenvalue weighted by atomic mass is 10.1. The maximum Gasteiger partial charge on any atom is 0.334 e. The van der Waals surface area contributed by atoms with E-state index in [-0.39, 0.29) is 19.1 Å². The Bertz CT molecular complexity index is 799. The van der Waals surface area contributed by atoms with E-state index >= 15 is 0 Å². The van der Waals surface area contributed by atoms with E-state index < -0.39 is 12.1 Å². The molecule has 132 valence electrons. The summed E-state index contributed by atoms with van der Waals surface area (Å²) in [6.45, 7) is 5.21. The van der Waals surface area contributed by atoms with E-state index in [1.54, 1.807) is 6.07 Å². The molecule has 1 amide bonds. The second kappa shape index (κ2) is 7.06. The first-order chi connectivity index (χ1) is 11.9. The molecule has 1 aliphatic heterocycles. The summed E-state index contributed by atoms with van der Waals surface area (Å²) in [6, 6.07) is 9.38. The highest BCUT2D eigenvalue weighted by atomic mass is 16.5. The Balaban J connectivity index is 1.75. The number of benzene rings is 1. The SMILES string of the molecule is Cc1cc(C)n(Cc2cccc(C(=O)N3CCOC(C(=O)O)C3)c2)n1. The third kappa shape index (κ3) is 3.88. The first-order valence-corrected chi connectivity index (χ1v) is 8.17. The van der Waals surface area contributed by atoms with Crippen molar-refractivity contribution in [3.8, 4) is 0 Å². The Labute approximate surface area is 145 Å². The number of carbonyl (C=O) groups is 2. The van der Waals surface area contributed by atoms with Crippen molar-refractivity contribution >= 4 is 11.9 Å². The first kappa shape index (κ1) is 17.2. The van der Waals surface area contributed by atoms with Crippen LogP contribution in [0.1, 0.15) is 27.3 Å². The molecule has 0 saturated carbocycles. The lowest BCUT2D eigenvalue weighted by Gasteiger charge is -2.31. The molecule has 1 saturated heterocycles. The molecule has 1 N–H and O–H groups in total. The van der Waals surface area contributed by atoms with Gasteiger partial charge in [0.2, 0.25) is 0 Å². The van der Waals surface area contributed by atoms with Crippen molar-refractivity contribution in [2.45, 2.75) is 26.5 Å². The average molecular weight is 343 g/mol. The maximum atomic E-state index is 12.7. The number of morpholine rings is 1. The summed E-state index contributed by atoms with van der Waals surface area (Å²) in [5, 5.41) is 13.5. The van der Waals surface area contributed by atoms with Gasteiger partial charge >= 0.3 is 5.97 Å². The predicted octanol–water partition coefficient (Wildman–Crippen LogP) is 1.47. The van der Waals surface area contributed by atoms with E-state index in [4.69, 9.17) is 9.84 Å². The molecule has 1 aliphatic rings. The normalized spacial score (nSPS) is 17.5. The van der Waals surface area contributed by atoms with E-state index in [1.165, 1.54) is 4.90 Å². The highest BCUT2D eigenvalue weighted by Gasteiger charge is 2.29. The molecule has 0 radical (unpaired) electrons. The van der Waals surface area contributed by atoms with Gasteiger partial charge in [0.15, 0.2) is 6.10 Å². The number of nitrogens with zero attached hydrogens (tertiary/aromatic N) is 3. The Morgan fingerprint density at radius 1 is 1.32 bits per heavy atom. The van der Waals surface area contributed by atoms with Crippen LogP contribution in [0.15, 0.2) is 30.3 Å². The number of aromatic nitrogens is 2. The summed E-state index contributed by atoms with van der Waals surface area (Å²) < 4.78 is 7.07. The van der Waals surface area contributed by atoms with Crippen LogP contribution in [-0.4, -0.2) is 57.5 Å². The second-order valence-electron chi connectivity index (χ2n) is 6.23. The van der Waals surface area contributed by atoms with Gasteiger partial charge in [0.25, 0.3) is 5.91 Å². The molecule has 1 fully saturated rings. The highest BCUT2D eigenvalue weighted by molar-refractivity contribution is 5.94. The summed E-state index contributed by atoms with van der Waals surface area (Å²) in [6.07, 6.45) is -0.962. The van der Waals surface area contributed by atoms with Crippen LogP contribution in [0.4, 0.5) is 0 Å². The molecular formula is C18H21N3O4. The summed E-state index contributed by atoms with van der Waals surface area (Å²) in [5.41, 5.74) is 3.54. The molecule has 1 unspecified atom stereocenters. The maximum absolute atomic E-state index is 12.7. The highest BCUT2D eigenvalue weighted by Crippen LogP contribution is 2.14. The van der Waals surface area contributed by atoms with Gasteiger partial charge in [0.1, 0.15) is 0 Å².